The highest BCUT2D eigenvalue weighted by Crippen LogP contribution is 2.37. The van der Waals surface area contributed by atoms with Crippen molar-refractivity contribution in [3.8, 4) is 0 Å². The van der Waals surface area contributed by atoms with E-state index in [2.05, 4.69) is 38.3 Å². The molecular weight excluding hydrogens is 368 g/mol. The van der Waals surface area contributed by atoms with Crippen LogP contribution in [0, 0.1) is 13.8 Å². The highest BCUT2D eigenvalue weighted by Gasteiger charge is 2.36. The average molecular weight is 389 g/mol. The number of halogens is 1. The van der Waals surface area contributed by atoms with Gasteiger partial charge in [0.2, 0.25) is 0 Å². The second kappa shape index (κ2) is 6.63. The number of benzene rings is 1. The van der Waals surface area contributed by atoms with Gasteiger partial charge in [0.1, 0.15) is 0 Å². The van der Waals surface area contributed by atoms with Gasteiger partial charge < -0.3 is 4.57 Å². The molecule has 26 heavy (non-hydrogen) atoms. The molecule has 1 fully saturated rings. The topological polar surface area (TPSA) is 42.3 Å². The molecule has 0 atom stereocenters. The van der Waals surface area contributed by atoms with Crippen LogP contribution in [-0.2, 0) is 10.3 Å². The minimum absolute atomic E-state index is 0.0527. The monoisotopic (exact) mass is 388 g/mol. The molecule has 1 aliphatic rings. The zero-order valence-corrected chi connectivity index (χ0v) is 17.0. The maximum absolute atomic E-state index is 12.8. The van der Waals surface area contributed by atoms with Crippen molar-refractivity contribution in [3.05, 3.63) is 57.2 Å². The Morgan fingerprint density at radius 1 is 1.08 bits per heavy atom. The van der Waals surface area contributed by atoms with Crippen LogP contribution < -0.4 is 4.90 Å². The quantitative estimate of drug-likeness (QED) is 0.614. The van der Waals surface area contributed by atoms with Gasteiger partial charge in [-0.2, -0.15) is 0 Å². The summed E-state index contributed by atoms with van der Waals surface area (Å²) in [5.41, 5.74) is 3.63. The van der Waals surface area contributed by atoms with E-state index in [0.29, 0.717) is 15.6 Å². The van der Waals surface area contributed by atoms with Crippen molar-refractivity contribution in [2.24, 2.45) is 0 Å². The summed E-state index contributed by atoms with van der Waals surface area (Å²) in [6.07, 6.45) is 1.81. The van der Waals surface area contributed by atoms with Crippen molar-refractivity contribution in [1.29, 1.82) is 0 Å². The van der Waals surface area contributed by atoms with Crippen molar-refractivity contribution in [3.63, 3.8) is 0 Å². The number of aromatic nitrogens is 1. The Morgan fingerprint density at radius 2 is 1.69 bits per heavy atom. The minimum Gasteiger partial charge on any atom is -0.343 e. The Balaban J connectivity index is 1.98. The van der Waals surface area contributed by atoms with Crippen molar-refractivity contribution < 1.29 is 9.59 Å². The summed E-state index contributed by atoms with van der Waals surface area (Å²) < 4.78 is 2.24. The number of aryl methyl sites for hydroxylation is 1. The zero-order valence-electron chi connectivity index (χ0n) is 15.5. The number of amides is 2. The summed E-state index contributed by atoms with van der Waals surface area (Å²) in [5.74, 6) is -0.303. The van der Waals surface area contributed by atoms with Gasteiger partial charge in [-0.05, 0) is 88.4 Å². The van der Waals surface area contributed by atoms with Gasteiger partial charge in [-0.15, -0.1) is 0 Å². The largest absolute Gasteiger partial charge is 0.343 e. The summed E-state index contributed by atoms with van der Waals surface area (Å²) >= 11 is 6.85. The molecule has 2 amide bonds. The molecule has 136 valence electrons. The summed E-state index contributed by atoms with van der Waals surface area (Å²) in [6, 6.07) is 8.73. The number of hydrogen-bond acceptors (Lipinski definition) is 3. The Hall–Kier alpha value is -1.98. The average Bonchev–Trinajstić information content (AvgIpc) is 2.97. The third kappa shape index (κ3) is 3.33. The second-order valence-corrected chi connectivity index (χ2v) is 8.76. The summed E-state index contributed by atoms with van der Waals surface area (Å²) in [4.78, 5) is 26.8. The molecule has 1 aliphatic heterocycles. The lowest BCUT2D eigenvalue weighted by molar-refractivity contribution is -0.113. The minimum atomic E-state index is -0.303. The van der Waals surface area contributed by atoms with Gasteiger partial charge in [-0.3, -0.25) is 9.59 Å². The van der Waals surface area contributed by atoms with Gasteiger partial charge >= 0.3 is 0 Å². The zero-order chi connectivity index (χ0) is 19.2. The Bertz CT molecular complexity index is 921. The summed E-state index contributed by atoms with van der Waals surface area (Å²) in [6.45, 7) is 10.5. The molecule has 0 spiro atoms. The van der Waals surface area contributed by atoms with Crippen molar-refractivity contribution >= 4 is 46.3 Å². The van der Waals surface area contributed by atoms with Crippen LogP contribution in [0.3, 0.4) is 0 Å². The van der Waals surface area contributed by atoms with E-state index in [0.717, 1.165) is 28.7 Å². The van der Waals surface area contributed by atoms with Gasteiger partial charge in [0.15, 0.2) is 0 Å². The van der Waals surface area contributed by atoms with Crippen LogP contribution in [0.1, 0.15) is 37.7 Å². The lowest BCUT2D eigenvalue weighted by Gasteiger charge is -2.25. The van der Waals surface area contributed by atoms with Crippen molar-refractivity contribution in [2.75, 3.05) is 4.90 Å². The Kier molecular flexibility index (Phi) is 4.80. The maximum atomic E-state index is 12.8. The third-order valence-electron chi connectivity index (χ3n) is 4.31. The van der Waals surface area contributed by atoms with E-state index in [1.54, 1.807) is 24.3 Å². The second-order valence-electron chi connectivity index (χ2n) is 7.33. The molecule has 0 N–H and O–H groups in total. The first kappa shape index (κ1) is 18.8. The van der Waals surface area contributed by atoms with Crippen LogP contribution in [-0.4, -0.2) is 15.7 Å². The molecule has 1 saturated heterocycles. The molecule has 3 rings (SSSR count). The molecular formula is C20H21ClN2O2S. The van der Waals surface area contributed by atoms with E-state index in [1.165, 1.54) is 4.90 Å². The predicted molar refractivity (Wildman–Crippen MR) is 109 cm³/mol. The number of nitrogens with zero attached hydrogens (tertiary/aromatic N) is 2. The molecule has 0 bridgehead atoms. The first-order valence-electron chi connectivity index (χ1n) is 8.32. The molecule has 0 unspecified atom stereocenters. The van der Waals surface area contributed by atoms with Crippen LogP contribution in [0.5, 0.6) is 0 Å². The standard InChI is InChI=1S/C20H21ClN2O2S/c1-12-10-14(13(2)23(12)20(3,4)5)11-17-18(24)22(19(25)26-17)16-8-6-15(21)7-9-16/h6-11H,1-5H3/b17-11+. The predicted octanol–water partition coefficient (Wildman–Crippen LogP) is 5.75. The Morgan fingerprint density at radius 3 is 2.23 bits per heavy atom. The van der Waals surface area contributed by atoms with E-state index in [1.807, 2.05) is 13.0 Å². The van der Waals surface area contributed by atoms with Gasteiger partial charge in [-0.25, -0.2) is 4.90 Å². The van der Waals surface area contributed by atoms with E-state index in [-0.39, 0.29) is 16.7 Å². The third-order valence-corrected chi connectivity index (χ3v) is 5.43. The van der Waals surface area contributed by atoms with E-state index in [9.17, 15) is 9.59 Å². The molecule has 2 aromatic rings. The molecule has 0 radical (unpaired) electrons. The van der Waals surface area contributed by atoms with Crippen LogP contribution in [0.15, 0.2) is 35.2 Å². The van der Waals surface area contributed by atoms with Gasteiger partial charge in [0.25, 0.3) is 11.1 Å². The highest BCUT2D eigenvalue weighted by molar-refractivity contribution is 8.19. The highest BCUT2D eigenvalue weighted by atomic mass is 35.5. The van der Waals surface area contributed by atoms with Crippen LogP contribution in [0.25, 0.3) is 6.08 Å². The molecule has 1 aromatic heterocycles. The van der Waals surface area contributed by atoms with Gasteiger partial charge in [0.05, 0.1) is 10.6 Å². The number of hydrogen-bond donors (Lipinski definition) is 0. The summed E-state index contributed by atoms with van der Waals surface area (Å²) in [7, 11) is 0. The fraction of sp³-hybridized carbons (Fsp3) is 0.300. The fourth-order valence-corrected chi connectivity index (χ4v) is 4.35. The summed E-state index contributed by atoms with van der Waals surface area (Å²) in [5, 5.41) is 0.263. The van der Waals surface area contributed by atoms with Crippen molar-refractivity contribution in [2.45, 2.75) is 40.2 Å². The smallest absolute Gasteiger partial charge is 0.298 e. The van der Waals surface area contributed by atoms with Crippen LogP contribution in [0.4, 0.5) is 10.5 Å². The number of imide groups is 1. The Labute approximate surface area is 162 Å². The van der Waals surface area contributed by atoms with Crippen LogP contribution >= 0.6 is 23.4 Å². The number of thioether (sulfide) groups is 1. The normalized spacial score (nSPS) is 16.8. The SMILES string of the molecule is Cc1cc(/C=C2/SC(=O)N(c3ccc(Cl)cc3)C2=O)c(C)n1C(C)(C)C. The van der Waals surface area contributed by atoms with Crippen LogP contribution in [0.2, 0.25) is 5.02 Å². The number of anilines is 1. The molecule has 4 nitrogen and oxygen atoms in total. The van der Waals surface area contributed by atoms with Gasteiger partial charge in [0, 0.05) is 21.9 Å². The lowest BCUT2D eigenvalue weighted by atomic mass is 10.1. The molecule has 2 heterocycles. The number of carbonyl (C=O) groups is 2. The van der Waals surface area contributed by atoms with E-state index in [4.69, 9.17) is 11.6 Å². The maximum Gasteiger partial charge on any atom is 0.298 e. The molecule has 1 aromatic carbocycles. The fourth-order valence-electron chi connectivity index (χ4n) is 3.39. The molecule has 6 heteroatoms. The van der Waals surface area contributed by atoms with E-state index < -0.39 is 0 Å². The van der Waals surface area contributed by atoms with Crippen molar-refractivity contribution in [1.82, 2.24) is 4.57 Å². The lowest BCUT2D eigenvalue weighted by Crippen LogP contribution is -2.27. The molecule has 0 aliphatic carbocycles. The number of rotatable bonds is 2. The first-order chi connectivity index (χ1) is 12.1. The first-order valence-corrected chi connectivity index (χ1v) is 9.52. The van der Waals surface area contributed by atoms with E-state index >= 15 is 0 Å². The molecule has 0 saturated carbocycles. The van der Waals surface area contributed by atoms with Gasteiger partial charge in [-0.1, -0.05) is 11.6 Å². The number of carbonyl (C=O) groups excluding carboxylic acids is 2.